The first-order valence-corrected chi connectivity index (χ1v) is 5.94. The van der Waals surface area contributed by atoms with Gasteiger partial charge in [-0.2, -0.15) is 13.2 Å². The monoisotopic (exact) mass is 295 g/mol. The molecule has 0 aliphatic heterocycles. The molecule has 106 valence electrons. The zero-order chi connectivity index (χ0) is 14.5. The summed E-state index contributed by atoms with van der Waals surface area (Å²) in [4.78, 5) is 15.4. The number of rotatable bonds is 5. The van der Waals surface area contributed by atoms with E-state index in [0.717, 1.165) is 0 Å². The first-order chi connectivity index (χ1) is 8.79. The molecule has 1 aromatic rings. The number of carbonyl (C=O) groups excluding carboxylic acids is 1. The van der Waals surface area contributed by atoms with Crippen LogP contribution in [-0.2, 0) is 0 Å². The summed E-state index contributed by atoms with van der Waals surface area (Å²) in [6.07, 6.45) is -4.84. The molecule has 0 saturated carbocycles. The average molecular weight is 296 g/mol. The number of halogens is 4. The van der Waals surface area contributed by atoms with Gasteiger partial charge in [-0.1, -0.05) is 11.6 Å². The summed E-state index contributed by atoms with van der Waals surface area (Å²) in [5.41, 5.74) is 5.38. The number of aromatic nitrogens is 1. The number of carbonyl (C=O) groups is 1. The predicted octanol–water partition coefficient (Wildman–Crippen LogP) is 2.78. The van der Waals surface area contributed by atoms with Crippen LogP contribution in [0, 0.1) is 0 Å². The lowest BCUT2D eigenvalue weighted by Gasteiger charge is -2.08. The zero-order valence-corrected chi connectivity index (χ0v) is 10.7. The zero-order valence-electron chi connectivity index (χ0n) is 9.93. The molecule has 0 bridgehead atoms. The van der Waals surface area contributed by atoms with Crippen LogP contribution in [0.2, 0.25) is 5.02 Å². The first kappa shape index (κ1) is 15.6. The van der Waals surface area contributed by atoms with Gasteiger partial charge in [0.25, 0.3) is 5.91 Å². The Hall–Kier alpha value is -1.50. The minimum atomic E-state index is -4.16. The van der Waals surface area contributed by atoms with Crippen LogP contribution in [0.5, 0.6) is 0 Å². The summed E-state index contributed by atoms with van der Waals surface area (Å²) in [5.74, 6) is -0.407. The lowest BCUT2D eigenvalue weighted by atomic mass is 10.2. The van der Waals surface area contributed by atoms with Crippen molar-refractivity contribution in [3.63, 3.8) is 0 Å². The summed E-state index contributed by atoms with van der Waals surface area (Å²) in [5, 5.41) is 2.59. The second kappa shape index (κ2) is 6.60. The Morgan fingerprint density at radius 3 is 2.68 bits per heavy atom. The summed E-state index contributed by atoms with van der Waals surface area (Å²) in [7, 11) is 0. The Morgan fingerprint density at radius 1 is 1.37 bits per heavy atom. The minimum absolute atomic E-state index is 0.0301. The Bertz CT molecular complexity index is 451. The summed E-state index contributed by atoms with van der Waals surface area (Å²) in [6, 6.07) is 2.88. The van der Waals surface area contributed by atoms with Crippen molar-refractivity contribution in [2.45, 2.75) is 25.4 Å². The molecule has 8 heteroatoms. The molecule has 0 aromatic carbocycles. The fourth-order valence-corrected chi connectivity index (χ4v) is 1.54. The van der Waals surface area contributed by atoms with E-state index in [0.29, 0.717) is 0 Å². The molecule has 1 heterocycles. The third-order valence-corrected chi connectivity index (χ3v) is 2.56. The maximum Gasteiger partial charge on any atom is 0.389 e. The lowest BCUT2D eigenvalue weighted by molar-refractivity contribution is -0.135. The normalized spacial score (nSPS) is 11.4. The highest BCUT2D eigenvalue weighted by molar-refractivity contribution is 6.33. The van der Waals surface area contributed by atoms with Gasteiger partial charge in [-0.15, -0.1) is 0 Å². The van der Waals surface area contributed by atoms with Crippen molar-refractivity contribution in [1.29, 1.82) is 0 Å². The smallest absolute Gasteiger partial charge is 0.384 e. The molecule has 19 heavy (non-hydrogen) atoms. The molecule has 0 saturated heterocycles. The summed E-state index contributed by atoms with van der Waals surface area (Å²) < 4.78 is 35.6. The summed E-state index contributed by atoms with van der Waals surface area (Å²) >= 11 is 5.76. The van der Waals surface area contributed by atoms with E-state index >= 15 is 0 Å². The largest absolute Gasteiger partial charge is 0.389 e. The standard InChI is InChI=1S/C11H13ClF3N3O/c12-7-3-4-8(16)18-9(7)10(19)17-6-2-1-5-11(13,14)15/h3-4H,1-2,5-6H2,(H2,16,18)(H,17,19). The van der Waals surface area contributed by atoms with E-state index in [1.165, 1.54) is 12.1 Å². The van der Waals surface area contributed by atoms with E-state index in [4.69, 9.17) is 17.3 Å². The molecule has 0 radical (unpaired) electrons. The highest BCUT2D eigenvalue weighted by atomic mass is 35.5. The number of nitrogens with zero attached hydrogens (tertiary/aromatic N) is 1. The van der Waals surface area contributed by atoms with Gasteiger partial charge in [0.1, 0.15) is 11.5 Å². The third-order valence-electron chi connectivity index (χ3n) is 2.26. The van der Waals surface area contributed by atoms with Gasteiger partial charge in [0.15, 0.2) is 0 Å². The number of nitrogen functional groups attached to an aromatic ring is 1. The molecule has 0 aliphatic carbocycles. The molecular weight excluding hydrogens is 283 g/mol. The number of nitrogens with one attached hydrogen (secondary N) is 1. The number of hydrogen-bond donors (Lipinski definition) is 2. The van der Waals surface area contributed by atoms with Gasteiger partial charge in [0.05, 0.1) is 5.02 Å². The maximum atomic E-state index is 11.9. The highest BCUT2D eigenvalue weighted by Gasteiger charge is 2.25. The molecule has 0 aliphatic rings. The van der Waals surface area contributed by atoms with Crippen LogP contribution in [0.1, 0.15) is 29.8 Å². The Labute approximate surface area is 113 Å². The van der Waals surface area contributed by atoms with Crippen molar-refractivity contribution in [2.24, 2.45) is 0 Å². The molecular formula is C11H13ClF3N3O. The third kappa shape index (κ3) is 5.78. The van der Waals surface area contributed by atoms with Crippen LogP contribution >= 0.6 is 11.6 Å². The minimum Gasteiger partial charge on any atom is -0.384 e. The molecule has 4 nitrogen and oxygen atoms in total. The van der Waals surface area contributed by atoms with E-state index in [1.54, 1.807) is 0 Å². The van der Waals surface area contributed by atoms with Crippen LogP contribution in [0.15, 0.2) is 12.1 Å². The molecule has 1 aromatic heterocycles. The van der Waals surface area contributed by atoms with Gasteiger partial charge in [-0.3, -0.25) is 4.79 Å². The number of amides is 1. The number of anilines is 1. The van der Waals surface area contributed by atoms with Gasteiger partial charge >= 0.3 is 6.18 Å². The van der Waals surface area contributed by atoms with Crippen LogP contribution in [-0.4, -0.2) is 23.6 Å². The van der Waals surface area contributed by atoms with Crippen molar-refractivity contribution in [1.82, 2.24) is 10.3 Å². The Balaban J connectivity index is 2.38. The van der Waals surface area contributed by atoms with Gasteiger partial charge in [0, 0.05) is 13.0 Å². The predicted molar refractivity (Wildman–Crippen MR) is 65.9 cm³/mol. The van der Waals surface area contributed by atoms with Crippen molar-refractivity contribution >= 4 is 23.3 Å². The molecule has 1 amide bonds. The maximum absolute atomic E-state index is 11.9. The number of nitrogens with two attached hydrogens (primary N) is 1. The van der Waals surface area contributed by atoms with Gasteiger partial charge in [0.2, 0.25) is 0 Å². The van der Waals surface area contributed by atoms with Crippen molar-refractivity contribution < 1.29 is 18.0 Å². The summed E-state index contributed by atoms with van der Waals surface area (Å²) in [6.45, 7) is 0.127. The fraction of sp³-hybridized carbons (Fsp3) is 0.455. The second-order valence-electron chi connectivity index (χ2n) is 3.89. The first-order valence-electron chi connectivity index (χ1n) is 5.56. The van der Waals surface area contributed by atoms with E-state index in [2.05, 4.69) is 10.3 Å². The van der Waals surface area contributed by atoms with Gasteiger partial charge in [-0.25, -0.2) is 4.98 Å². The van der Waals surface area contributed by atoms with E-state index in [-0.39, 0.29) is 35.9 Å². The SMILES string of the molecule is Nc1ccc(Cl)c(C(=O)NCCCCC(F)(F)F)n1. The van der Waals surface area contributed by atoms with Crippen LogP contribution in [0.3, 0.4) is 0 Å². The lowest BCUT2D eigenvalue weighted by Crippen LogP contribution is -2.26. The molecule has 0 spiro atoms. The molecule has 1 rings (SSSR count). The van der Waals surface area contributed by atoms with Crippen LogP contribution < -0.4 is 11.1 Å². The molecule has 3 N–H and O–H groups in total. The molecule has 0 atom stereocenters. The number of alkyl halides is 3. The topological polar surface area (TPSA) is 68.0 Å². The average Bonchev–Trinajstić information content (AvgIpc) is 2.30. The number of unbranched alkanes of at least 4 members (excludes halogenated alkanes) is 1. The van der Waals surface area contributed by atoms with E-state index in [1.807, 2.05) is 0 Å². The molecule has 0 fully saturated rings. The molecule has 0 unspecified atom stereocenters. The van der Waals surface area contributed by atoms with Crippen LogP contribution in [0.4, 0.5) is 19.0 Å². The van der Waals surface area contributed by atoms with Crippen molar-refractivity contribution in [3.05, 3.63) is 22.8 Å². The quantitative estimate of drug-likeness (QED) is 0.821. The Morgan fingerprint density at radius 2 is 2.05 bits per heavy atom. The van der Waals surface area contributed by atoms with Crippen LogP contribution in [0.25, 0.3) is 0 Å². The van der Waals surface area contributed by atoms with Gasteiger partial charge in [-0.05, 0) is 25.0 Å². The number of hydrogen-bond acceptors (Lipinski definition) is 3. The highest BCUT2D eigenvalue weighted by Crippen LogP contribution is 2.22. The van der Waals surface area contributed by atoms with Crippen molar-refractivity contribution in [2.75, 3.05) is 12.3 Å². The van der Waals surface area contributed by atoms with E-state index in [9.17, 15) is 18.0 Å². The second-order valence-corrected chi connectivity index (χ2v) is 4.30. The fourth-order valence-electron chi connectivity index (χ4n) is 1.35. The Kier molecular flexibility index (Phi) is 5.41. The van der Waals surface area contributed by atoms with E-state index < -0.39 is 18.5 Å². The van der Waals surface area contributed by atoms with Gasteiger partial charge < -0.3 is 11.1 Å². The van der Waals surface area contributed by atoms with Crippen molar-refractivity contribution in [3.8, 4) is 0 Å². The number of pyridine rings is 1.